The first-order valence-electron chi connectivity index (χ1n) is 12.7. The third-order valence-electron chi connectivity index (χ3n) is 6.93. The van der Waals surface area contributed by atoms with Crippen molar-refractivity contribution in [3.8, 4) is 33.7 Å². The van der Waals surface area contributed by atoms with Gasteiger partial charge in [0, 0.05) is 22.3 Å². The number of halogens is 1. The molecule has 5 aromatic rings. The molecule has 0 spiro atoms. The van der Waals surface area contributed by atoms with Gasteiger partial charge < -0.3 is 15.2 Å². The molecule has 1 amide bonds. The van der Waals surface area contributed by atoms with E-state index in [0.717, 1.165) is 33.5 Å². The number of carbonyl (C=O) groups excluding carboxylic acids is 1. The number of aromatic nitrogens is 3. The summed E-state index contributed by atoms with van der Waals surface area (Å²) in [6.45, 7) is 0. The standard InChI is InChI=1S/C32H23ClN4O4/c1-41-30-11-2-19(12-23(30)14-31(38)39)13-27-26-15-25(28(33)16-29(26)36-32(27)40)22-5-3-20(4-6-22)21-7-9-24(10-8-21)37-18-34-17-35-37/h2-13,15-18H,14H2,1H3,(H,36,40)(H,38,39)/b27-13-. The molecule has 0 saturated heterocycles. The van der Waals surface area contributed by atoms with E-state index in [4.69, 9.17) is 16.3 Å². The third-order valence-corrected chi connectivity index (χ3v) is 7.24. The second-order valence-corrected chi connectivity index (χ2v) is 9.90. The van der Waals surface area contributed by atoms with Gasteiger partial charge in [0.25, 0.3) is 5.91 Å². The van der Waals surface area contributed by atoms with Crippen LogP contribution in [0.3, 0.4) is 0 Å². The van der Waals surface area contributed by atoms with Crippen molar-refractivity contribution in [3.05, 3.63) is 113 Å². The third kappa shape index (κ3) is 5.20. The molecule has 202 valence electrons. The number of nitrogens with one attached hydrogen (secondary N) is 1. The Morgan fingerprint density at radius 2 is 1.68 bits per heavy atom. The van der Waals surface area contributed by atoms with Crippen LogP contribution in [0.5, 0.6) is 5.75 Å². The van der Waals surface area contributed by atoms with Gasteiger partial charge in [-0.1, -0.05) is 54.1 Å². The number of amides is 1. The van der Waals surface area contributed by atoms with E-state index in [1.165, 1.54) is 13.4 Å². The number of carboxylic acids is 1. The van der Waals surface area contributed by atoms with Crippen LogP contribution in [0.15, 0.2) is 91.5 Å². The normalized spacial score (nSPS) is 13.2. The lowest BCUT2D eigenvalue weighted by atomic mass is 9.96. The molecule has 0 aliphatic carbocycles. The van der Waals surface area contributed by atoms with Crippen LogP contribution >= 0.6 is 11.6 Å². The smallest absolute Gasteiger partial charge is 0.307 e. The second kappa shape index (κ2) is 10.7. The van der Waals surface area contributed by atoms with E-state index in [1.54, 1.807) is 41.4 Å². The minimum Gasteiger partial charge on any atom is -0.496 e. The monoisotopic (exact) mass is 562 g/mol. The lowest BCUT2D eigenvalue weighted by molar-refractivity contribution is -0.136. The lowest BCUT2D eigenvalue weighted by Crippen LogP contribution is -2.04. The first-order chi connectivity index (χ1) is 19.9. The summed E-state index contributed by atoms with van der Waals surface area (Å²) in [5, 5.41) is 16.8. The fourth-order valence-corrected chi connectivity index (χ4v) is 5.20. The average Bonchev–Trinajstić information content (AvgIpc) is 3.61. The molecule has 4 aromatic carbocycles. The van der Waals surface area contributed by atoms with Gasteiger partial charge in [0.2, 0.25) is 0 Å². The SMILES string of the molecule is COc1ccc(/C=C2\C(=O)Nc3cc(Cl)c(-c4ccc(-c5ccc(-n6cncn6)cc5)cc4)cc32)cc1CC(=O)O. The van der Waals surface area contributed by atoms with Gasteiger partial charge in [-0.3, -0.25) is 9.59 Å². The largest absolute Gasteiger partial charge is 0.496 e. The Morgan fingerprint density at radius 1 is 0.976 bits per heavy atom. The van der Waals surface area contributed by atoms with Crippen molar-refractivity contribution >= 4 is 40.8 Å². The van der Waals surface area contributed by atoms with Crippen LogP contribution in [0.1, 0.15) is 16.7 Å². The highest BCUT2D eigenvalue weighted by molar-refractivity contribution is 6.38. The molecule has 6 rings (SSSR count). The van der Waals surface area contributed by atoms with E-state index in [-0.39, 0.29) is 12.3 Å². The van der Waals surface area contributed by atoms with E-state index in [0.29, 0.717) is 33.2 Å². The Morgan fingerprint density at radius 3 is 2.34 bits per heavy atom. The molecule has 2 heterocycles. The van der Waals surface area contributed by atoms with E-state index in [2.05, 4.69) is 15.4 Å². The lowest BCUT2D eigenvalue weighted by Gasteiger charge is -2.10. The summed E-state index contributed by atoms with van der Waals surface area (Å²) in [5.41, 5.74) is 7.76. The van der Waals surface area contributed by atoms with Crippen molar-refractivity contribution < 1.29 is 19.4 Å². The second-order valence-electron chi connectivity index (χ2n) is 9.50. The highest BCUT2D eigenvalue weighted by Gasteiger charge is 2.26. The van der Waals surface area contributed by atoms with Gasteiger partial charge in [-0.05, 0) is 64.7 Å². The van der Waals surface area contributed by atoms with Crippen molar-refractivity contribution in [3.63, 3.8) is 0 Å². The molecule has 0 unspecified atom stereocenters. The minimum atomic E-state index is -0.967. The molecule has 0 bridgehead atoms. The fraction of sp³-hybridized carbons (Fsp3) is 0.0625. The highest BCUT2D eigenvalue weighted by Crippen LogP contribution is 2.41. The molecule has 0 atom stereocenters. The Bertz CT molecular complexity index is 1810. The van der Waals surface area contributed by atoms with Gasteiger partial charge in [0.1, 0.15) is 18.4 Å². The number of hydrogen-bond acceptors (Lipinski definition) is 5. The number of anilines is 1. The molecule has 0 fully saturated rings. The summed E-state index contributed by atoms with van der Waals surface area (Å²) in [6, 6.07) is 25.0. The van der Waals surface area contributed by atoms with E-state index in [1.807, 2.05) is 54.6 Å². The zero-order valence-electron chi connectivity index (χ0n) is 21.8. The predicted molar refractivity (Wildman–Crippen MR) is 158 cm³/mol. The molecule has 41 heavy (non-hydrogen) atoms. The number of aliphatic carboxylic acids is 1. The summed E-state index contributed by atoms with van der Waals surface area (Å²) in [7, 11) is 1.49. The maximum absolute atomic E-state index is 12.9. The Kier molecular flexibility index (Phi) is 6.83. The first-order valence-corrected chi connectivity index (χ1v) is 13.1. The number of benzene rings is 4. The van der Waals surface area contributed by atoms with Crippen LogP contribution in [-0.2, 0) is 16.0 Å². The summed E-state index contributed by atoms with van der Waals surface area (Å²) >= 11 is 6.67. The van der Waals surface area contributed by atoms with Gasteiger partial charge in [0.05, 0.1) is 29.9 Å². The van der Waals surface area contributed by atoms with Crippen LogP contribution < -0.4 is 10.1 Å². The predicted octanol–water partition coefficient (Wildman–Crippen LogP) is 6.38. The van der Waals surface area contributed by atoms with Crippen molar-refractivity contribution in [2.75, 3.05) is 12.4 Å². The van der Waals surface area contributed by atoms with Gasteiger partial charge >= 0.3 is 5.97 Å². The molecule has 1 aliphatic rings. The van der Waals surface area contributed by atoms with Crippen LogP contribution in [-0.4, -0.2) is 38.9 Å². The summed E-state index contributed by atoms with van der Waals surface area (Å²) in [5.74, 6) is -0.742. The summed E-state index contributed by atoms with van der Waals surface area (Å²) in [4.78, 5) is 28.2. The number of carboxylic acid groups (broad SMARTS) is 1. The average molecular weight is 563 g/mol. The number of carbonyl (C=O) groups is 2. The first kappa shape index (κ1) is 26.0. The van der Waals surface area contributed by atoms with Crippen molar-refractivity contribution in [1.29, 1.82) is 0 Å². The maximum atomic E-state index is 12.9. The minimum absolute atomic E-state index is 0.190. The van der Waals surface area contributed by atoms with Crippen LogP contribution in [0.25, 0.3) is 39.6 Å². The van der Waals surface area contributed by atoms with Gasteiger partial charge in [-0.15, -0.1) is 0 Å². The molecule has 2 N–H and O–H groups in total. The number of methoxy groups -OCH3 is 1. The van der Waals surface area contributed by atoms with E-state index < -0.39 is 5.97 Å². The molecule has 0 radical (unpaired) electrons. The number of hydrogen-bond donors (Lipinski definition) is 2. The molecule has 1 aromatic heterocycles. The highest BCUT2D eigenvalue weighted by atomic mass is 35.5. The van der Waals surface area contributed by atoms with Crippen molar-refractivity contribution in [2.45, 2.75) is 6.42 Å². The molecule has 9 heteroatoms. The Hall–Kier alpha value is -5.21. The number of fused-ring (bicyclic) bond motifs is 1. The van der Waals surface area contributed by atoms with E-state index in [9.17, 15) is 14.7 Å². The van der Waals surface area contributed by atoms with Crippen LogP contribution in [0, 0.1) is 0 Å². The summed E-state index contributed by atoms with van der Waals surface area (Å²) in [6.07, 6.45) is 4.71. The number of nitrogens with zero attached hydrogens (tertiary/aromatic N) is 3. The Labute approximate surface area is 240 Å². The van der Waals surface area contributed by atoms with E-state index >= 15 is 0 Å². The molecule has 0 saturated carbocycles. The zero-order valence-corrected chi connectivity index (χ0v) is 22.6. The number of ether oxygens (including phenoxy) is 1. The zero-order chi connectivity index (χ0) is 28.5. The van der Waals surface area contributed by atoms with Crippen LogP contribution in [0.4, 0.5) is 5.69 Å². The molecule has 8 nitrogen and oxygen atoms in total. The Balaban J connectivity index is 1.31. The van der Waals surface area contributed by atoms with Gasteiger partial charge in [-0.2, -0.15) is 5.10 Å². The molecular formula is C32H23ClN4O4. The van der Waals surface area contributed by atoms with Gasteiger partial charge in [-0.25, -0.2) is 9.67 Å². The quantitative estimate of drug-likeness (QED) is 0.223. The fourth-order valence-electron chi connectivity index (χ4n) is 4.92. The maximum Gasteiger partial charge on any atom is 0.307 e. The van der Waals surface area contributed by atoms with Gasteiger partial charge in [0.15, 0.2) is 0 Å². The van der Waals surface area contributed by atoms with Crippen molar-refractivity contribution in [2.24, 2.45) is 0 Å². The number of rotatable bonds is 7. The molecular weight excluding hydrogens is 540 g/mol. The summed E-state index contributed by atoms with van der Waals surface area (Å²) < 4.78 is 7.00. The molecule has 1 aliphatic heterocycles. The topological polar surface area (TPSA) is 106 Å². The van der Waals surface area contributed by atoms with Crippen LogP contribution in [0.2, 0.25) is 5.02 Å². The van der Waals surface area contributed by atoms with Crippen molar-refractivity contribution in [1.82, 2.24) is 14.8 Å².